The van der Waals surface area contributed by atoms with Crippen LogP contribution in [0.1, 0.15) is 53.6 Å². The molecule has 0 aliphatic heterocycles. The Kier molecular flexibility index (Phi) is 4.12. The van der Waals surface area contributed by atoms with Gasteiger partial charge in [0.05, 0.1) is 0 Å². The minimum atomic E-state index is -1.09. The van der Waals surface area contributed by atoms with E-state index < -0.39 is 11.5 Å². The molecule has 1 aromatic carbocycles. The zero-order valence-corrected chi connectivity index (χ0v) is 12.0. The molecular formula is C16H21NO3. The maximum Gasteiger partial charge on any atom is 0.329 e. The first-order chi connectivity index (χ1) is 9.44. The molecule has 0 radical (unpaired) electrons. The monoisotopic (exact) mass is 275 g/mol. The fraction of sp³-hybridized carbons (Fsp3) is 0.500. The van der Waals surface area contributed by atoms with E-state index in [-0.39, 0.29) is 5.91 Å². The predicted octanol–water partition coefficient (Wildman–Crippen LogP) is 2.82. The number of carboxylic acids is 1. The highest BCUT2D eigenvalue weighted by molar-refractivity contribution is 5.99. The summed E-state index contributed by atoms with van der Waals surface area (Å²) in [5, 5.41) is 12.3. The van der Waals surface area contributed by atoms with Gasteiger partial charge in [0, 0.05) is 5.56 Å². The topological polar surface area (TPSA) is 66.4 Å². The van der Waals surface area contributed by atoms with Crippen LogP contribution in [0.5, 0.6) is 0 Å². The van der Waals surface area contributed by atoms with Crippen molar-refractivity contribution in [3.8, 4) is 0 Å². The smallest absolute Gasteiger partial charge is 0.329 e. The van der Waals surface area contributed by atoms with E-state index in [2.05, 4.69) is 5.32 Å². The summed E-state index contributed by atoms with van der Waals surface area (Å²) < 4.78 is 0. The van der Waals surface area contributed by atoms with E-state index >= 15 is 0 Å². The normalized spacial score (nSPS) is 17.5. The Morgan fingerprint density at radius 2 is 1.80 bits per heavy atom. The second kappa shape index (κ2) is 5.65. The molecule has 0 aromatic heterocycles. The molecule has 4 heteroatoms. The highest BCUT2D eigenvalue weighted by atomic mass is 16.4. The molecular weight excluding hydrogens is 254 g/mol. The molecule has 0 saturated heterocycles. The van der Waals surface area contributed by atoms with E-state index in [1.807, 2.05) is 32.0 Å². The Balaban J connectivity index is 2.24. The van der Waals surface area contributed by atoms with Crippen LogP contribution in [0.3, 0.4) is 0 Å². The highest BCUT2D eigenvalue weighted by Crippen LogP contribution is 2.29. The van der Waals surface area contributed by atoms with Crippen LogP contribution in [-0.2, 0) is 4.79 Å². The summed E-state index contributed by atoms with van der Waals surface area (Å²) in [5.41, 5.74) is 1.33. The summed E-state index contributed by atoms with van der Waals surface area (Å²) >= 11 is 0. The van der Waals surface area contributed by atoms with Gasteiger partial charge in [-0.3, -0.25) is 4.79 Å². The van der Waals surface area contributed by atoms with Gasteiger partial charge >= 0.3 is 5.97 Å². The van der Waals surface area contributed by atoms with Crippen LogP contribution >= 0.6 is 0 Å². The van der Waals surface area contributed by atoms with Gasteiger partial charge in [-0.25, -0.2) is 4.79 Å². The van der Waals surface area contributed by atoms with E-state index in [4.69, 9.17) is 0 Å². The van der Waals surface area contributed by atoms with Crippen molar-refractivity contribution in [2.75, 3.05) is 0 Å². The number of carbonyl (C=O) groups is 2. The molecule has 1 aliphatic rings. The second-order valence-corrected chi connectivity index (χ2v) is 5.72. The third-order valence-corrected chi connectivity index (χ3v) is 4.11. The average molecular weight is 275 g/mol. The molecule has 20 heavy (non-hydrogen) atoms. The molecule has 2 rings (SSSR count). The van der Waals surface area contributed by atoms with E-state index in [9.17, 15) is 14.7 Å². The third kappa shape index (κ3) is 2.84. The third-order valence-electron chi connectivity index (χ3n) is 4.11. The van der Waals surface area contributed by atoms with Crippen LogP contribution in [-0.4, -0.2) is 22.5 Å². The summed E-state index contributed by atoms with van der Waals surface area (Å²) in [5.74, 6) is -1.20. The van der Waals surface area contributed by atoms with Gasteiger partial charge in [-0.2, -0.15) is 0 Å². The summed E-state index contributed by atoms with van der Waals surface area (Å²) in [6.07, 6.45) is 3.75. The van der Waals surface area contributed by atoms with Crippen molar-refractivity contribution in [1.82, 2.24) is 5.32 Å². The summed E-state index contributed by atoms with van der Waals surface area (Å²) in [7, 11) is 0. The molecule has 0 unspecified atom stereocenters. The fourth-order valence-corrected chi connectivity index (χ4v) is 2.81. The number of rotatable bonds is 3. The van der Waals surface area contributed by atoms with Crippen LogP contribution in [0.15, 0.2) is 18.2 Å². The second-order valence-electron chi connectivity index (χ2n) is 5.72. The Morgan fingerprint density at radius 1 is 1.15 bits per heavy atom. The average Bonchev–Trinajstić information content (AvgIpc) is 2.42. The number of aryl methyl sites for hydroxylation is 2. The van der Waals surface area contributed by atoms with Crippen molar-refractivity contribution >= 4 is 11.9 Å². The molecule has 1 aliphatic carbocycles. The number of nitrogens with one attached hydrogen (secondary N) is 1. The van der Waals surface area contributed by atoms with Crippen molar-refractivity contribution in [1.29, 1.82) is 0 Å². The maximum absolute atomic E-state index is 12.4. The molecule has 1 aromatic rings. The first-order valence-corrected chi connectivity index (χ1v) is 7.08. The van der Waals surface area contributed by atoms with Gasteiger partial charge in [-0.05, 0) is 38.3 Å². The van der Waals surface area contributed by atoms with Gasteiger partial charge in [0.25, 0.3) is 5.91 Å². The number of carbonyl (C=O) groups excluding carboxylic acids is 1. The van der Waals surface area contributed by atoms with Crippen molar-refractivity contribution in [2.45, 2.75) is 51.5 Å². The van der Waals surface area contributed by atoms with Crippen LogP contribution in [0, 0.1) is 13.8 Å². The fourth-order valence-electron chi connectivity index (χ4n) is 2.81. The van der Waals surface area contributed by atoms with Crippen LogP contribution in [0.4, 0.5) is 0 Å². The summed E-state index contributed by atoms with van der Waals surface area (Å²) in [4.78, 5) is 24.0. The summed E-state index contributed by atoms with van der Waals surface area (Å²) in [6, 6.07) is 5.64. The highest BCUT2D eigenvalue weighted by Gasteiger charge is 2.41. The van der Waals surface area contributed by atoms with Gasteiger partial charge in [0.15, 0.2) is 0 Å². The van der Waals surface area contributed by atoms with Crippen molar-refractivity contribution in [3.63, 3.8) is 0 Å². The molecule has 1 saturated carbocycles. The molecule has 0 bridgehead atoms. The van der Waals surface area contributed by atoms with Gasteiger partial charge < -0.3 is 10.4 Å². The summed E-state index contributed by atoms with van der Waals surface area (Å²) in [6.45, 7) is 3.78. The number of carboxylic acid groups (broad SMARTS) is 1. The Morgan fingerprint density at radius 3 is 2.40 bits per heavy atom. The SMILES string of the molecule is Cc1ccc(C)c(C(=O)NC2(C(=O)O)CCCCC2)c1. The molecule has 1 amide bonds. The molecule has 0 heterocycles. The van der Waals surface area contributed by atoms with E-state index in [0.29, 0.717) is 18.4 Å². The first-order valence-electron chi connectivity index (χ1n) is 7.08. The number of hydrogen-bond donors (Lipinski definition) is 2. The quantitative estimate of drug-likeness (QED) is 0.891. The molecule has 4 nitrogen and oxygen atoms in total. The molecule has 108 valence electrons. The Bertz CT molecular complexity index is 531. The molecule has 0 spiro atoms. The minimum Gasteiger partial charge on any atom is -0.480 e. The van der Waals surface area contributed by atoms with Crippen LogP contribution in [0.25, 0.3) is 0 Å². The molecule has 1 fully saturated rings. The van der Waals surface area contributed by atoms with E-state index in [1.54, 1.807) is 0 Å². The minimum absolute atomic E-state index is 0.282. The van der Waals surface area contributed by atoms with Gasteiger partial charge in [-0.15, -0.1) is 0 Å². The maximum atomic E-state index is 12.4. The Labute approximate surface area is 119 Å². The number of amides is 1. The number of benzene rings is 1. The van der Waals surface area contributed by atoms with E-state index in [1.165, 1.54) is 0 Å². The van der Waals surface area contributed by atoms with Crippen LogP contribution in [0.2, 0.25) is 0 Å². The van der Waals surface area contributed by atoms with Crippen molar-refractivity contribution in [3.05, 3.63) is 34.9 Å². The van der Waals surface area contributed by atoms with Crippen molar-refractivity contribution in [2.24, 2.45) is 0 Å². The zero-order valence-electron chi connectivity index (χ0n) is 12.0. The van der Waals surface area contributed by atoms with Crippen molar-refractivity contribution < 1.29 is 14.7 Å². The standard InChI is InChI=1S/C16H21NO3/c1-11-6-7-12(2)13(10-11)14(18)17-16(15(19)20)8-4-3-5-9-16/h6-7,10H,3-5,8-9H2,1-2H3,(H,17,18)(H,19,20). The van der Waals surface area contributed by atoms with Gasteiger partial charge in [0.2, 0.25) is 0 Å². The zero-order chi connectivity index (χ0) is 14.8. The lowest BCUT2D eigenvalue weighted by molar-refractivity contribution is -0.145. The Hall–Kier alpha value is -1.84. The largest absolute Gasteiger partial charge is 0.480 e. The van der Waals surface area contributed by atoms with Gasteiger partial charge in [0.1, 0.15) is 5.54 Å². The van der Waals surface area contributed by atoms with Gasteiger partial charge in [-0.1, -0.05) is 37.0 Å². The lowest BCUT2D eigenvalue weighted by atomic mass is 9.81. The van der Waals surface area contributed by atoms with E-state index in [0.717, 1.165) is 30.4 Å². The number of aliphatic carboxylic acids is 1. The molecule has 0 atom stereocenters. The first kappa shape index (κ1) is 14.6. The lowest BCUT2D eigenvalue weighted by Gasteiger charge is -2.34. The predicted molar refractivity (Wildman–Crippen MR) is 76.8 cm³/mol. The number of hydrogen-bond acceptors (Lipinski definition) is 2. The van der Waals surface area contributed by atoms with Crippen LogP contribution < -0.4 is 5.32 Å². The molecule has 2 N–H and O–H groups in total. The lowest BCUT2D eigenvalue weighted by Crippen LogP contribution is -2.55.